The molecule has 132 valence electrons. The molecule has 1 aliphatic rings. The van der Waals surface area contributed by atoms with Crippen molar-refractivity contribution in [3.63, 3.8) is 0 Å². The molecule has 1 aromatic carbocycles. The molecule has 2 aromatic heterocycles. The quantitative estimate of drug-likeness (QED) is 0.551. The van der Waals surface area contributed by atoms with Gasteiger partial charge >= 0.3 is 0 Å². The Morgan fingerprint density at radius 2 is 1.96 bits per heavy atom. The molecule has 0 saturated heterocycles. The number of nitrogens with one attached hydrogen (secondary N) is 1. The van der Waals surface area contributed by atoms with Crippen molar-refractivity contribution < 1.29 is 4.79 Å². The highest BCUT2D eigenvalue weighted by atomic mass is 32.2. The van der Waals surface area contributed by atoms with E-state index in [-0.39, 0.29) is 23.5 Å². The minimum absolute atomic E-state index is 0.0420. The molecule has 7 nitrogen and oxygen atoms in total. The topological polar surface area (TPSA) is 89.8 Å². The molecule has 0 aliphatic heterocycles. The van der Waals surface area contributed by atoms with Crippen LogP contribution in [0.1, 0.15) is 25.8 Å². The Bertz CT molecular complexity index is 1020. The second kappa shape index (κ2) is 6.87. The Balaban J connectivity index is 1.63. The minimum atomic E-state index is -0.447. The first-order valence-electron chi connectivity index (χ1n) is 8.39. The molecule has 1 N–H and O–H groups in total. The summed E-state index contributed by atoms with van der Waals surface area (Å²) >= 11 is 1.28. The van der Waals surface area contributed by atoms with Crippen LogP contribution in [0, 0.1) is 0 Å². The monoisotopic (exact) mass is 367 g/mol. The summed E-state index contributed by atoms with van der Waals surface area (Å²) in [5.74, 6) is 0.0296. The zero-order chi connectivity index (χ0) is 18.1. The molecule has 26 heavy (non-hydrogen) atoms. The van der Waals surface area contributed by atoms with Gasteiger partial charge in [-0.1, -0.05) is 23.9 Å². The third-order valence-electron chi connectivity index (χ3n) is 4.14. The standard InChI is InChI=1S/C18H17N5O2S/c1-11(15(24)22-17-19-9-4-10-20-17)26-18-21-14-6-3-2-5-13(14)16(25)23(18)12-7-8-12/h2-6,9-12H,7-8H2,1H3,(H,19,20,22,24). The molecule has 0 spiro atoms. The van der Waals surface area contributed by atoms with Gasteiger partial charge in [0.25, 0.3) is 5.56 Å². The van der Waals surface area contributed by atoms with Gasteiger partial charge in [0.2, 0.25) is 11.9 Å². The lowest BCUT2D eigenvalue weighted by Gasteiger charge is -2.15. The van der Waals surface area contributed by atoms with E-state index in [0.717, 1.165) is 12.8 Å². The van der Waals surface area contributed by atoms with E-state index < -0.39 is 5.25 Å². The molecular formula is C18H17N5O2S. The number of thioether (sulfide) groups is 1. The van der Waals surface area contributed by atoms with Crippen molar-refractivity contribution in [1.29, 1.82) is 0 Å². The minimum Gasteiger partial charge on any atom is -0.294 e. The Morgan fingerprint density at radius 1 is 1.23 bits per heavy atom. The Labute approximate surface area is 153 Å². The number of para-hydroxylation sites is 1. The summed E-state index contributed by atoms with van der Waals surface area (Å²) in [5.41, 5.74) is 0.607. The number of hydrogen-bond acceptors (Lipinski definition) is 6. The molecule has 1 fully saturated rings. The average Bonchev–Trinajstić information content (AvgIpc) is 3.47. The van der Waals surface area contributed by atoms with Crippen molar-refractivity contribution in [3.8, 4) is 0 Å². The van der Waals surface area contributed by atoms with Crippen molar-refractivity contribution >= 4 is 34.5 Å². The lowest BCUT2D eigenvalue weighted by Crippen LogP contribution is -2.27. The average molecular weight is 367 g/mol. The molecule has 1 atom stereocenters. The van der Waals surface area contributed by atoms with Gasteiger partial charge in [0.1, 0.15) is 0 Å². The lowest BCUT2D eigenvalue weighted by atomic mass is 10.2. The van der Waals surface area contributed by atoms with Crippen LogP contribution in [0.3, 0.4) is 0 Å². The van der Waals surface area contributed by atoms with Crippen LogP contribution in [-0.4, -0.2) is 30.7 Å². The molecule has 1 unspecified atom stereocenters. The van der Waals surface area contributed by atoms with Crippen LogP contribution in [-0.2, 0) is 4.79 Å². The number of hydrogen-bond donors (Lipinski definition) is 1. The van der Waals surface area contributed by atoms with Gasteiger partial charge in [-0.15, -0.1) is 0 Å². The first-order valence-corrected chi connectivity index (χ1v) is 9.27. The number of carbonyl (C=O) groups excluding carboxylic acids is 1. The van der Waals surface area contributed by atoms with Crippen molar-refractivity contribution in [1.82, 2.24) is 19.5 Å². The predicted molar refractivity (Wildman–Crippen MR) is 100 cm³/mol. The maximum Gasteiger partial charge on any atom is 0.262 e. The van der Waals surface area contributed by atoms with Gasteiger partial charge in [-0.3, -0.25) is 19.5 Å². The van der Waals surface area contributed by atoms with E-state index in [1.165, 1.54) is 11.8 Å². The molecule has 1 saturated carbocycles. The highest BCUT2D eigenvalue weighted by Gasteiger charge is 2.30. The summed E-state index contributed by atoms with van der Waals surface area (Å²) in [5, 5.41) is 3.42. The fourth-order valence-electron chi connectivity index (χ4n) is 2.65. The summed E-state index contributed by atoms with van der Waals surface area (Å²) in [6.45, 7) is 1.78. The maximum absolute atomic E-state index is 12.9. The van der Waals surface area contributed by atoms with Crippen molar-refractivity contribution in [3.05, 3.63) is 53.1 Å². The Morgan fingerprint density at radius 3 is 2.69 bits per heavy atom. The number of benzene rings is 1. The summed E-state index contributed by atoms with van der Waals surface area (Å²) in [7, 11) is 0. The third-order valence-corrected chi connectivity index (χ3v) is 5.21. The smallest absolute Gasteiger partial charge is 0.262 e. The fourth-order valence-corrected chi connectivity index (χ4v) is 3.63. The van der Waals surface area contributed by atoms with E-state index >= 15 is 0 Å². The van der Waals surface area contributed by atoms with Crippen LogP contribution in [0.5, 0.6) is 0 Å². The first kappa shape index (κ1) is 16.7. The molecule has 1 aliphatic carbocycles. The molecule has 8 heteroatoms. The highest BCUT2D eigenvalue weighted by molar-refractivity contribution is 8.00. The third kappa shape index (κ3) is 3.32. The van der Waals surface area contributed by atoms with Crippen LogP contribution in [0.2, 0.25) is 0 Å². The first-order chi connectivity index (χ1) is 12.6. The highest BCUT2D eigenvalue weighted by Crippen LogP contribution is 2.37. The van der Waals surface area contributed by atoms with E-state index in [1.54, 1.807) is 36.0 Å². The van der Waals surface area contributed by atoms with Crippen molar-refractivity contribution in [2.75, 3.05) is 5.32 Å². The zero-order valence-corrected chi connectivity index (χ0v) is 14.9. The molecular weight excluding hydrogens is 350 g/mol. The van der Waals surface area contributed by atoms with Gasteiger partial charge in [-0.2, -0.15) is 0 Å². The van der Waals surface area contributed by atoms with Gasteiger partial charge < -0.3 is 0 Å². The van der Waals surface area contributed by atoms with Gasteiger partial charge in [-0.25, -0.2) is 15.0 Å². The summed E-state index contributed by atoms with van der Waals surface area (Å²) < 4.78 is 1.73. The Kier molecular flexibility index (Phi) is 4.42. The number of rotatable bonds is 5. The normalized spacial score (nSPS) is 15.0. The number of aromatic nitrogens is 4. The van der Waals surface area contributed by atoms with E-state index in [9.17, 15) is 9.59 Å². The molecule has 0 radical (unpaired) electrons. The lowest BCUT2D eigenvalue weighted by molar-refractivity contribution is -0.115. The van der Waals surface area contributed by atoms with Crippen LogP contribution < -0.4 is 10.9 Å². The SMILES string of the molecule is CC(Sc1nc2ccccc2c(=O)n1C1CC1)C(=O)Nc1ncccn1. The van der Waals surface area contributed by atoms with Gasteiger partial charge in [0.15, 0.2) is 5.16 Å². The van der Waals surface area contributed by atoms with Crippen LogP contribution >= 0.6 is 11.8 Å². The summed E-state index contributed by atoms with van der Waals surface area (Å²) in [6, 6.07) is 9.16. The van der Waals surface area contributed by atoms with Crippen LogP contribution in [0.15, 0.2) is 52.7 Å². The van der Waals surface area contributed by atoms with Crippen LogP contribution in [0.25, 0.3) is 10.9 Å². The van der Waals surface area contributed by atoms with Crippen molar-refractivity contribution in [2.24, 2.45) is 0 Å². The molecule has 4 rings (SSSR count). The largest absolute Gasteiger partial charge is 0.294 e. The maximum atomic E-state index is 12.9. The zero-order valence-electron chi connectivity index (χ0n) is 14.1. The van der Waals surface area contributed by atoms with Gasteiger partial charge in [-0.05, 0) is 38.0 Å². The summed E-state index contributed by atoms with van der Waals surface area (Å²) in [4.78, 5) is 37.9. The van der Waals surface area contributed by atoms with E-state index in [2.05, 4.69) is 20.3 Å². The number of carbonyl (C=O) groups is 1. The molecule has 1 amide bonds. The molecule has 3 aromatic rings. The van der Waals surface area contributed by atoms with E-state index in [4.69, 9.17) is 0 Å². The Hall–Kier alpha value is -2.74. The fraction of sp³-hybridized carbons (Fsp3) is 0.278. The molecule has 0 bridgehead atoms. The predicted octanol–water partition coefficient (Wildman–Crippen LogP) is 2.64. The molecule has 2 heterocycles. The van der Waals surface area contributed by atoms with Gasteiger partial charge in [0.05, 0.1) is 16.2 Å². The number of fused-ring (bicyclic) bond motifs is 1. The van der Waals surface area contributed by atoms with E-state index in [0.29, 0.717) is 16.1 Å². The summed E-state index contributed by atoms with van der Waals surface area (Å²) in [6.07, 6.45) is 5.06. The van der Waals surface area contributed by atoms with Gasteiger partial charge in [0, 0.05) is 18.4 Å². The van der Waals surface area contributed by atoms with Crippen LogP contribution in [0.4, 0.5) is 5.95 Å². The number of nitrogens with zero attached hydrogens (tertiary/aromatic N) is 4. The number of amides is 1. The van der Waals surface area contributed by atoms with E-state index in [1.807, 2.05) is 18.2 Å². The second-order valence-electron chi connectivity index (χ2n) is 6.14. The number of anilines is 1. The second-order valence-corrected chi connectivity index (χ2v) is 7.45. The van der Waals surface area contributed by atoms with Crippen molar-refractivity contribution in [2.45, 2.75) is 36.2 Å².